The number of halogens is 2. The van der Waals surface area contributed by atoms with Gasteiger partial charge in [0.05, 0.1) is 17.2 Å². The molecular formula is C27H22Cl2N2O4S2. The van der Waals surface area contributed by atoms with Crippen molar-refractivity contribution in [2.75, 3.05) is 23.4 Å². The Labute approximate surface area is 234 Å². The second-order valence-electron chi connectivity index (χ2n) is 7.99. The number of thioether (sulfide) groups is 1. The van der Waals surface area contributed by atoms with Crippen LogP contribution < -0.4 is 19.7 Å². The first-order valence-corrected chi connectivity index (χ1v) is 13.2. The molecule has 0 aromatic heterocycles. The van der Waals surface area contributed by atoms with Gasteiger partial charge in [-0.05, 0) is 68.0 Å². The summed E-state index contributed by atoms with van der Waals surface area (Å²) in [5, 5.41) is 3.52. The summed E-state index contributed by atoms with van der Waals surface area (Å²) < 4.78 is 11.9. The summed E-state index contributed by atoms with van der Waals surface area (Å²) in [7, 11) is 0. The first kappa shape index (κ1) is 27.0. The second-order valence-corrected chi connectivity index (χ2v) is 10.5. The third kappa shape index (κ3) is 6.84. The van der Waals surface area contributed by atoms with Crippen LogP contribution in [0.2, 0.25) is 10.0 Å². The Morgan fingerprint density at radius 3 is 2.41 bits per heavy atom. The summed E-state index contributed by atoms with van der Waals surface area (Å²) in [5.74, 6) is 0.272. The molecule has 10 heteroatoms. The first-order valence-electron chi connectivity index (χ1n) is 11.2. The van der Waals surface area contributed by atoms with Crippen LogP contribution in [0.25, 0.3) is 6.08 Å². The number of aryl methyl sites for hydroxylation is 1. The van der Waals surface area contributed by atoms with E-state index in [2.05, 4.69) is 5.32 Å². The van der Waals surface area contributed by atoms with E-state index in [1.54, 1.807) is 42.5 Å². The summed E-state index contributed by atoms with van der Waals surface area (Å²) in [6, 6.07) is 17.6. The van der Waals surface area contributed by atoms with E-state index in [9.17, 15) is 9.59 Å². The van der Waals surface area contributed by atoms with E-state index in [1.807, 2.05) is 38.1 Å². The van der Waals surface area contributed by atoms with E-state index < -0.39 is 0 Å². The van der Waals surface area contributed by atoms with Crippen LogP contribution in [0.15, 0.2) is 65.6 Å². The van der Waals surface area contributed by atoms with E-state index >= 15 is 0 Å². The smallest absolute Gasteiger partial charge is 0.270 e. The molecule has 1 fully saturated rings. The number of thiocarbonyl (C=S) groups is 1. The molecule has 2 amide bonds. The normalized spacial score (nSPS) is 14.3. The van der Waals surface area contributed by atoms with Crippen LogP contribution in [0.4, 0.5) is 11.4 Å². The van der Waals surface area contributed by atoms with Gasteiger partial charge in [-0.25, -0.2) is 0 Å². The monoisotopic (exact) mass is 572 g/mol. The molecule has 1 heterocycles. The molecule has 190 valence electrons. The van der Waals surface area contributed by atoms with Crippen molar-refractivity contribution in [3.8, 4) is 11.5 Å². The fraction of sp³-hybridized carbons (Fsp3) is 0.148. The number of nitrogens with one attached hydrogen (secondary N) is 1. The predicted octanol–water partition coefficient (Wildman–Crippen LogP) is 7.12. The van der Waals surface area contributed by atoms with E-state index in [1.165, 1.54) is 16.7 Å². The van der Waals surface area contributed by atoms with E-state index in [0.717, 1.165) is 16.8 Å². The Bertz CT molecular complexity index is 1370. The summed E-state index contributed by atoms with van der Waals surface area (Å²) in [5.41, 5.74) is 3.03. The Kier molecular flexibility index (Phi) is 8.76. The molecule has 3 aromatic rings. The largest absolute Gasteiger partial charge is 0.490 e. The van der Waals surface area contributed by atoms with Crippen LogP contribution in [0.1, 0.15) is 18.1 Å². The maximum atomic E-state index is 13.1. The van der Waals surface area contributed by atoms with Gasteiger partial charge in [0.15, 0.2) is 22.4 Å². The van der Waals surface area contributed by atoms with Crippen molar-refractivity contribution in [2.45, 2.75) is 13.8 Å². The lowest BCUT2D eigenvalue weighted by molar-refractivity contribution is -0.118. The summed E-state index contributed by atoms with van der Waals surface area (Å²) >= 11 is 18.7. The zero-order valence-corrected chi connectivity index (χ0v) is 23.1. The highest BCUT2D eigenvalue weighted by molar-refractivity contribution is 8.27. The first-order chi connectivity index (χ1) is 17.7. The van der Waals surface area contributed by atoms with E-state index in [4.69, 9.17) is 44.9 Å². The van der Waals surface area contributed by atoms with Crippen molar-refractivity contribution in [3.05, 3.63) is 86.7 Å². The summed E-state index contributed by atoms with van der Waals surface area (Å²) in [6.07, 6.45) is 1.76. The van der Waals surface area contributed by atoms with Crippen molar-refractivity contribution in [1.82, 2.24) is 0 Å². The minimum Gasteiger partial charge on any atom is -0.490 e. The topological polar surface area (TPSA) is 67.9 Å². The molecule has 0 atom stereocenters. The van der Waals surface area contributed by atoms with Crippen LogP contribution in [0, 0.1) is 6.92 Å². The average molecular weight is 574 g/mol. The number of benzene rings is 3. The Hall–Kier alpha value is -3.04. The van der Waals surface area contributed by atoms with Crippen molar-refractivity contribution in [3.63, 3.8) is 0 Å². The number of nitrogens with zero attached hydrogens (tertiary/aromatic N) is 1. The number of carbonyl (C=O) groups is 2. The molecule has 6 nitrogen and oxygen atoms in total. The van der Waals surface area contributed by atoms with Gasteiger partial charge >= 0.3 is 0 Å². The third-order valence-corrected chi connectivity index (χ3v) is 6.89. The van der Waals surface area contributed by atoms with Gasteiger partial charge in [0.1, 0.15) is 0 Å². The predicted molar refractivity (Wildman–Crippen MR) is 155 cm³/mol. The molecule has 37 heavy (non-hydrogen) atoms. The van der Waals surface area contributed by atoms with Gasteiger partial charge < -0.3 is 14.8 Å². The highest BCUT2D eigenvalue weighted by Gasteiger charge is 2.33. The number of rotatable bonds is 8. The lowest BCUT2D eigenvalue weighted by Gasteiger charge is -2.14. The molecule has 3 aromatic carbocycles. The van der Waals surface area contributed by atoms with Crippen molar-refractivity contribution in [1.29, 1.82) is 0 Å². The number of ether oxygens (including phenoxy) is 2. The van der Waals surface area contributed by atoms with Gasteiger partial charge in [0.25, 0.3) is 11.8 Å². The molecule has 4 rings (SSSR count). The average Bonchev–Trinajstić information content (AvgIpc) is 3.11. The summed E-state index contributed by atoms with van der Waals surface area (Å²) in [6.45, 7) is 3.97. The number of amides is 2. The van der Waals surface area contributed by atoms with Crippen molar-refractivity contribution in [2.24, 2.45) is 0 Å². The molecule has 0 saturated carbocycles. The maximum absolute atomic E-state index is 13.1. The minimum atomic E-state index is -0.385. The number of hydrogen-bond acceptors (Lipinski definition) is 6. The number of anilines is 2. The molecule has 0 unspecified atom stereocenters. The van der Waals surface area contributed by atoms with Crippen LogP contribution in [0.3, 0.4) is 0 Å². The quantitative estimate of drug-likeness (QED) is 0.229. The standard InChI is InChI=1S/C27H22Cl2N2O4S2/c1-3-34-23-10-17(11-24-26(33)31(27(36)37-24)21-7-4-16(2)5-8-21)6-9-22(23)35-15-25(32)30-20-13-18(28)12-19(29)14-20/h4-14H,3,15H2,1-2H3,(H,30,32)/b24-11-. The van der Waals surface area contributed by atoms with Crippen LogP contribution in [0.5, 0.6) is 11.5 Å². The molecule has 1 saturated heterocycles. The lowest BCUT2D eigenvalue weighted by Crippen LogP contribution is -2.27. The number of hydrogen-bond donors (Lipinski definition) is 1. The molecule has 0 aliphatic carbocycles. The van der Waals surface area contributed by atoms with Crippen molar-refractivity contribution >= 4 is 80.8 Å². The van der Waals surface area contributed by atoms with Gasteiger partial charge in [-0.2, -0.15) is 0 Å². The summed E-state index contributed by atoms with van der Waals surface area (Å²) in [4.78, 5) is 27.5. The van der Waals surface area contributed by atoms with E-state index in [-0.39, 0.29) is 18.4 Å². The molecule has 1 N–H and O–H groups in total. The van der Waals surface area contributed by atoms with Crippen molar-refractivity contribution < 1.29 is 19.1 Å². The third-order valence-electron chi connectivity index (χ3n) is 5.16. The zero-order valence-electron chi connectivity index (χ0n) is 19.9. The molecular weight excluding hydrogens is 551 g/mol. The fourth-order valence-electron chi connectivity index (χ4n) is 3.50. The van der Waals surface area contributed by atoms with Gasteiger partial charge in [0, 0.05) is 15.7 Å². The van der Waals surface area contributed by atoms with Crippen LogP contribution in [-0.4, -0.2) is 29.3 Å². The van der Waals surface area contributed by atoms with Crippen LogP contribution >= 0.6 is 47.2 Å². The Morgan fingerprint density at radius 2 is 1.73 bits per heavy atom. The fourth-order valence-corrected chi connectivity index (χ4v) is 5.33. The van der Waals surface area contributed by atoms with Crippen LogP contribution in [-0.2, 0) is 9.59 Å². The molecule has 1 aliphatic rings. The highest BCUT2D eigenvalue weighted by atomic mass is 35.5. The van der Waals surface area contributed by atoms with Gasteiger partial charge in [-0.15, -0.1) is 0 Å². The minimum absolute atomic E-state index is 0.185. The zero-order chi connectivity index (χ0) is 26.5. The van der Waals surface area contributed by atoms with E-state index in [0.29, 0.717) is 43.1 Å². The molecule has 0 spiro atoms. The molecule has 0 bridgehead atoms. The molecule has 0 radical (unpaired) electrons. The van der Waals surface area contributed by atoms with Gasteiger partial charge in [0.2, 0.25) is 0 Å². The highest BCUT2D eigenvalue weighted by Crippen LogP contribution is 2.37. The maximum Gasteiger partial charge on any atom is 0.270 e. The number of carbonyl (C=O) groups excluding carboxylic acids is 2. The Morgan fingerprint density at radius 1 is 1.03 bits per heavy atom. The lowest BCUT2D eigenvalue weighted by atomic mass is 10.1. The van der Waals surface area contributed by atoms with Gasteiger partial charge in [-0.1, -0.05) is 70.9 Å². The Balaban J connectivity index is 1.47. The molecule has 1 aliphatic heterocycles. The van der Waals surface area contributed by atoms with Gasteiger partial charge in [-0.3, -0.25) is 14.5 Å². The second kappa shape index (κ2) is 12.0. The SMILES string of the molecule is CCOc1cc(/C=C2\SC(=S)N(c3ccc(C)cc3)C2=O)ccc1OCC(=O)Nc1cc(Cl)cc(Cl)c1.